The normalized spacial score (nSPS) is 24.4. The molecule has 0 unspecified atom stereocenters. The van der Waals surface area contributed by atoms with Crippen LogP contribution in [0, 0.1) is 11.6 Å². The highest BCUT2D eigenvalue weighted by atomic mass is 32.2. The van der Waals surface area contributed by atoms with E-state index in [0.29, 0.717) is 25.3 Å². The van der Waals surface area contributed by atoms with Gasteiger partial charge in [-0.25, -0.2) is 8.78 Å². The summed E-state index contributed by atoms with van der Waals surface area (Å²) in [5.74, 6) is -1.27. The number of aromatic nitrogens is 2. The van der Waals surface area contributed by atoms with Crippen molar-refractivity contribution < 1.29 is 18.3 Å². The van der Waals surface area contributed by atoms with Crippen molar-refractivity contribution in [1.82, 2.24) is 9.78 Å². The maximum absolute atomic E-state index is 14.5. The van der Waals surface area contributed by atoms with Crippen LogP contribution >= 0.6 is 11.8 Å². The van der Waals surface area contributed by atoms with Crippen molar-refractivity contribution in [3.63, 3.8) is 0 Å². The van der Waals surface area contributed by atoms with Crippen LogP contribution in [0.5, 0.6) is 0 Å². The summed E-state index contributed by atoms with van der Waals surface area (Å²) in [6, 6.07) is 3.21. The molecule has 2 N–H and O–H groups in total. The molecule has 1 aromatic carbocycles. The minimum absolute atomic E-state index is 0.0644. The maximum Gasteiger partial charge on any atom is 0.270 e. The summed E-state index contributed by atoms with van der Waals surface area (Å²) in [6.07, 6.45) is 1.34. The van der Waals surface area contributed by atoms with E-state index in [-0.39, 0.29) is 40.0 Å². The van der Waals surface area contributed by atoms with Crippen molar-refractivity contribution >= 4 is 23.5 Å². The van der Waals surface area contributed by atoms with Crippen LogP contribution in [0.25, 0.3) is 0 Å². The molecule has 2 atom stereocenters. The van der Waals surface area contributed by atoms with E-state index in [4.69, 9.17) is 4.74 Å². The number of thioether (sulfide) groups is 1. The number of benzene rings is 1. The Morgan fingerprint density at radius 1 is 1.29 bits per heavy atom. The third-order valence-electron chi connectivity index (χ3n) is 5.14. The Hall–Kier alpha value is -2.13. The lowest BCUT2D eigenvalue weighted by Crippen LogP contribution is -2.36. The maximum atomic E-state index is 14.5. The van der Waals surface area contributed by atoms with Gasteiger partial charge < -0.3 is 10.1 Å². The van der Waals surface area contributed by atoms with Crippen molar-refractivity contribution in [1.29, 1.82) is 0 Å². The van der Waals surface area contributed by atoms with Crippen molar-refractivity contribution in [2.24, 2.45) is 0 Å². The number of carbonyl (C=O) groups excluding carboxylic acids is 1. The Labute approximate surface area is 164 Å². The van der Waals surface area contributed by atoms with Crippen LogP contribution < -0.4 is 10.9 Å². The number of hydrogen-bond acceptors (Lipinski definition) is 4. The second-order valence-corrected chi connectivity index (χ2v) is 8.83. The van der Waals surface area contributed by atoms with Crippen LogP contribution in [-0.2, 0) is 9.53 Å². The Kier molecular flexibility index (Phi) is 4.83. The highest BCUT2D eigenvalue weighted by Gasteiger charge is 2.36. The third-order valence-corrected chi connectivity index (χ3v) is 6.40. The number of nitrogens with zero attached hydrogens (tertiary/aromatic N) is 1. The van der Waals surface area contributed by atoms with E-state index < -0.39 is 16.9 Å². The average Bonchev–Trinajstić information content (AvgIpc) is 2.81. The van der Waals surface area contributed by atoms with Gasteiger partial charge in [0.15, 0.2) is 0 Å². The smallest absolute Gasteiger partial charge is 0.270 e. The fraction of sp³-hybridized carbons (Fsp3) is 0.474. The number of amides is 1. The fourth-order valence-electron chi connectivity index (χ4n) is 3.90. The number of halogens is 2. The Morgan fingerprint density at radius 2 is 2.07 bits per heavy atom. The highest BCUT2D eigenvalue weighted by Crippen LogP contribution is 2.42. The highest BCUT2D eigenvalue weighted by molar-refractivity contribution is 8.00. The van der Waals surface area contributed by atoms with E-state index in [2.05, 4.69) is 10.4 Å². The van der Waals surface area contributed by atoms with Gasteiger partial charge in [0.05, 0.1) is 28.2 Å². The molecule has 1 aromatic heterocycles. The molecule has 0 radical (unpaired) electrons. The molecule has 9 heteroatoms. The molecular formula is C19H21F2N3O3S. The zero-order chi connectivity index (χ0) is 20.1. The van der Waals surface area contributed by atoms with Gasteiger partial charge in [-0.05, 0) is 32.8 Å². The number of anilines is 1. The zero-order valence-corrected chi connectivity index (χ0v) is 16.4. The SMILES string of the molecule is CC1(C)C[C@@H](n2[nH]c(=O)c3c2NC(=O)CS[C@@H]3c2ccc(F)cc2F)CCO1. The molecule has 2 aromatic rings. The standard InChI is InChI=1S/C19H21F2N3O3S/c1-19(2)8-11(5-6-27-19)24-17-15(18(26)23-24)16(28-9-14(25)22-17)12-4-3-10(20)7-13(12)21/h3-4,7,11,16H,5-6,8-9H2,1-2H3,(H,22,25)(H,23,26)/t11-,16+/m0/s1. The Morgan fingerprint density at radius 3 is 2.79 bits per heavy atom. The lowest BCUT2D eigenvalue weighted by molar-refractivity contribution is -0.113. The number of H-pyrrole nitrogens is 1. The quantitative estimate of drug-likeness (QED) is 0.798. The van der Waals surface area contributed by atoms with Crippen molar-refractivity contribution in [2.75, 3.05) is 17.7 Å². The molecule has 2 aliphatic heterocycles. The second kappa shape index (κ2) is 7.04. The summed E-state index contributed by atoms with van der Waals surface area (Å²) in [4.78, 5) is 25.1. The zero-order valence-electron chi connectivity index (χ0n) is 15.6. The number of carbonyl (C=O) groups is 1. The lowest BCUT2D eigenvalue weighted by atomic mass is 9.94. The van der Waals surface area contributed by atoms with Crippen LogP contribution in [0.2, 0.25) is 0 Å². The first-order valence-electron chi connectivity index (χ1n) is 9.10. The summed E-state index contributed by atoms with van der Waals surface area (Å²) in [7, 11) is 0. The molecule has 1 saturated heterocycles. The molecule has 0 spiro atoms. The number of rotatable bonds is 2. The summed E-state index contributed by atoms with van der Waals surface area (Å²) in [6.45, 7) is 4.49. The minimum atomic E-state index is -0.739. The van der Waals surface area contributed by atoms with Gasteiger partial charge in [-0.15, -0.1) is 11.8 Å². The van der Waals surface area contributed by atoms with Crippen LogP contribution in [0.15, 0.2) is 23.0 Å². The van der Waals surface area contributed by atoms with Gasteiger partial charge in [-0.1, -0.05) is 6.07 Å². The molecule has 3 heterocycles. The summed E-state index contributed by atoms with van der Waals surface area (Å²) in [5.41, 5.74) is -0.281. The fourth-order valence-corrected chi connectivity index (χ4v) is 5.04. The minimum Gasteiger partial charge on any atom is -0.375 e. The first-order chi connectivity index (χ1) is 13.2. The van der Waals surface area contributed by atoms with Crippen molar-refractivity contribution in [3.8, 4) is 0 Å². The molecular weight excluding hydrogens is 388 g/mol. The molecule has 28 heavy (non-hydrogen) atoms. The molecule has 0 saturated carbocycles. The van der Waals surface area contributed by atoms with Crippen LogP contribution in [0.3, 0.4) is 0 Å². The van der Waals surface area contributed by atoms with Gasteiger partial charge in [-0.3, -0.25) is 19.4 Å². The van der Waals surface area contributed by atoms with E-state index in [0.717, 1.165) is 23.9 Å². The Bertz CT molecular complexity index is 985. The predicted molar refractivity (Wildman–Crippen MR) is 103 cm³/mol. The molecule has 4 rings (SSSR count). The van der Waals surface area contributed by atoms with Gasteiger partial charge in [0.2, 0.25) is 5.91 Å². The third kappa shape index (κ3) is 3.48. The van der Waals surface area contributed by atoms with E-state index in [1.165, 1.54) is 6.07 Å². The topological polar surface area (TPSA) is 76.1 Å². The monoisotopic (exact) mass is 409 g/mol. The summed E-state index contributed by atoms with van der Waals surface area (Å²) in [5, 5.41) is 4.91. The van der Waals surface area contributed by atoms with E-state index in [1.807, 2.05) is 13.8 Å². The second-order valence-electron chi connectivity index (χ2n) is 7.73. The van der Waals surface area contributed by atoms with Gasteiger partial charge in [0.25, 0.3) is 5.56 Å². The average molecular weight is 409 g/mol. The number of aromatic amines is 1. The number of fused-ring (bicyclic) bond motifs is 1. The van der Waals surface area contributed by atoms with Crippen molar-refractivity contribution in [3.05, 3.63) is 51.3 Å². The number of ether oxygens (including phenoxy) is 1. The molecule has 0 aliphatic carbocycles. The van der Waals surface area contributed by atoms with E-state index >= 15 is 0 Å². The van der Waals surface area contributed by atoms with Gasteiger partial charge in [0.1, 0.15) is 17.5 Å². The molecule has 1 amide bonds. The molecule has 150 valence electrons. The van der Waals surface area contributed by atoms with Crippen LogP contribution in [-0.4, -0.2) is 33.6 Å². The van der Waals surface area contributed by atoms with Gasteiger partial charge >= 0.3 is 0 Å². The predicted octanol–water partition coefficient (Wildman–Crippen LogP) is 3.36. The molecule has 2 aliphatic rings. The number of hydrogen-bond donors (Lipinski definition) is 2. The Balaban J connectivity index is 1.82. The van der Waals surface area contributed by atoms with Crippen LogP contribution in [0.4, 0.5) is 14.6 Å². The van der Waals surface area contributed by atoms with Gasteiger partial charge in [-0.2, -0.15) is 0 Å². The molecule has 6 nitrogen and oxygen atoms in total. The van der Waals surface area contributed by atoms with Crippen LogP contribution in [0.1, 0.15) is 49.1 Å². The molecule has 1 fully saturated rings. The first-order valence-corrected chi connectivity index (χ1v) is 10.1. The largest absolute Gasteiger partial charge is 0.375 e. The summed E-state index contributed by atoms with van der Waals surface area (Å²) >= 11 is 1.15. The summed E-state index contributed by atoms with van der Waals surface area (Å²) < 4.78 is 35.2. The molecule has 0 bridgehead atoms. The lowest BCUT2D eigenvalue weighted by Gasteiger charge is -2.36. The van der Waals surface area contributed by atoms with Gasteiger partial charge in [0, 0.05) is 18.2 Å². The van der Waals surface area contributed by atoms with E-state index in [9.17, 15) is 18.4 Å². The number of nitrogens with one attached hydrogen (secondary N) is 2. The van der Waals surface area contributed by atoms with Crippen molar-refractivity contribution in [2.45, 2.75) is 43.6 Å². The van der Waals surface area contributed by atoms with E-state index in [1.54, 1.807) is 4.68 Å². The first kappa shape index (κ1) is 19.2.